The van der Waals surface area contributed by atoms with E-state index in [4.69, 9.17) is 0 Å². The second-order valence-corrected chi connectivity index (χ2v) is 7.65. The Bertz CT molecular complexity index is 633. The number of nitrogens with one attached hydrogen (secondary N) is 3. The largest absolute Gasteiger partial charge is 0.348 e. The third-order valence-corrected chi connectivity index (χ3v) is 5.49. The zero-order chi connectivity index (χ0) is 15.6. The quantitative estimate of drug-likeness (QED) is 0.741. The molecular formula is C15H21N3O3S. The van der Waals surface area contributed by atoms with E-state index in [1.807, 2.05) is 0 Å². The highest BCUT2D eigenvalue weighted by molar-refractivity contribution is 7.89. The fourth-order valence-corrected chi connectivity index (χ4v) is 3.82. The van der Waals surface area contributed by atoms with Gasteiger partial charge in [0.2, 0.25) is 10.0 Å². The van der Waals surface area contributed by atoms with Gasteiger partial charge in [-0.2, -0.15) is 0 Å². The van der Waals surface area contributed by atoms with Crippen LogP contribution in [-0.4, -0.2) is 39.5 Å². The van der Waals surface area contributed by atoms with Gasteiger partial charge in [-0.1, -0.05) is 0 Å². The minimum atomic E-state index is -3.46. The zero-order valence-electron chi connectivity index (χ0n) is 12.3. The summed E-state index contributed by atoms with van der Waals surface area (Å²) in [6.45, 7) is 1.77. The lowest BCUT2D eigenvalue weighted by molar-refractivity contribution is 0.0930. The molecule has 0 bridgehead atoms. The van der Waals surface area contributed by atoms with Crippen molar-refractivity contribution < 1.29 is 13.2 Å². The molecule has 120 valence electrons. The van der Waals surface area contributed by atoms with Gasteiger partial charge in [-0.25, -0.2) is 13.1 Å². The summed E-state index contributed by atoms with van der Waals surface area (Å²) >= 11 is 0. The molecule has 1 saturated heterocycles. The van der Waals surface area contributed by atoms with Crippen LogP contribution in [0, 0.1) is 0 Å². The Hall–Kier alpha value is -1.44. The summed E-state index contributed by atoms with van der Waals surface area (Å²) in [6, 6.07) is 6.31. The Kier molecular flexibility index (Phi) is 4.46. The van der Waals surface area contributed by atoms with Gasteiger partial charge in [0.15, 0.2) is 0 Å². The van der Waals surface area contributed by atoms with Crippen LogP contribution in [0.3, 0.4) is 0 Å². The van der Waals surface area contributed by atoms with E-state index in [1.54, 1.807) is 12.1 Å². The van der Waals surface area contributed by atoms with E-state index in [0.717, 1.165) is 38.8 Å². The van der Waals surface area contributed by atoms with E-state index < -0.39 is 10.0 Å². The molecule has 0 radical (unpaired) electrons. The maximum atomic E-state index is 12.2. The number of sulfonamides is 1. The first-order valence-electron chi connectivity index (χ1n) is 7.68. The van der Waals surface area contributed by atoms with Gasteiger partial charge in [-0.05, 0) is 56.5 Å². The number of piperidine rings is 1. The Morgan fingerprint density at radius 3 is 2.41 bits per heavy atom. The highest BCUT2D eigenvalue weighted by Crippen LogP contribution is 2.22. The molecule has 3 N–H and O–H groups in total. The minimum Gasteiger partial charge on any atom is -0.348 e. The maximum Gasteiger partial charge on any atom is 0.251 e. The van der Waals surface area contributed by atoms with Crippen molar-refractivity contribution in [3.63, 3.8) is 0 Å². The molecule has 6 nitrogen and oxygen atoms in total. The highest BCUT2D eigenvalue weighted by Gasteiger charge is 2.28. The Labute approximate surface area is 130 Å². The standard InChI is InChI=1S/C15H21N3O3S/c19-15(17-13-2-1-9-16-10-13)11-3-7-14(8-4-11)22(20,21)18-12-5-6-12/h3-4,7-8,12-13,16,18H,1-2,5-6,9-10H2,(H,17,19). The van der Waals surface area contributed by atoms with Crippen molar-refractivity contribution in [2.45, 2.75) is 42.7 Å². The van der Waals surface area contributed by atoms with Crippen molar-refractivity contribution in [2.24, 2.45) is 0 Å². The first kappa shape index (κ1) is 15.5. The Morgan fingerprint density at radius 1 is 1.09 bits per heavy atom. The SMILES string of the molecule is O=C(NC1CCCNC1)c1ccc(S(=O)(=O)NC2CC2)cc1. The molecule has 2 fully saturated rings. The second kappa shape index (κ2) is 6.36. The van der Waals surface area contributed by atoms with Crippen LogP contribution < -0.4 is 15.4 Å². The monoisotopic (exact) mass is 323 g/mol. The Balaban J connectivity index is 1.64. The van der Waals surface area contributed by atoms with Crippen LogP contribution in [0.5, 0.6) is 0 Å². The number of amides is 1. The van der Waals surface area contributed by atoms with Crippen molar-refractivity contribution in [3.8, 4) is 0 Å². The molecule has 1 atom stereocenters. The number of benzene rings is 1. The summed E-state index contributed by atoms with van der Waals surface area (Å²) in [4.78, 5) is 12.4. The second-order valence-electron chi connectivity index (χ2n) is 5.94. The van der Waals surface area contributed by atoms with Gasteiger partial charge in [0.05, 0.1) is 4.90 Å². The number of hydrogen-bond donors (Lipinski definition) is 3. The summed E-state index contributed by atoms with van der Waals surface area (Å²) in [6.07, 6.45) is 3.82. The van der Waals surface area contributed by atoms with Crippen molar-refractivity contribution in [2.75, 3.05) is 13.1 Å². The maximum absolute atomic E-state index is 12.2. The lowest BCUT2D eigenvalue weighted by Crippen LogP contribution is -2.45. The van der Waals surface area contributed by atoms with Gasteiger partial charge in [-0.15, -0.1) is 0 Å². The summed E-state index contributed by atoms with van der Waals surface area (Å²) in [5.41, 5.74) is 0.482. The minimum absolute atomic E-state index is 0.0757. The average molecular weight is 323 g/mol. The third-order valence-electron chi connectivity index (χ3n) is 3.96. The number of hydrogen-bond acceptors (Lipinski definition) is 4. The smallest absolute Gasteiger partial charge is 0.251 e. The first-order valence-corrected chi connectivity index (χ1v) is 9.17. The molecule has 22 heavy (non-hydrogen) atoms. The van der Waals surface area contributed by atoms with E-state index in [9.17, 15) is 13.2 Å². The lowest BCUT2D eigenvalue weighted by atomic mass is 10.1. The molecule has 2 aliphatic rings. The van der Waals surface area contributed by atoms with Gasteiger partial charge in [0, 0.05) is 24.2 Å². The first-order chi connectivity index (χ1) is 10.5. The Morgan fingerprint density at radius 2 is 1.82 bits per heavy atom. The lowest BCUT2D eigenvalue weighted by Gasteiger charge is -2.23. The summed E-state index contributed by atoms with van der Waals surface area (Å²) in [5.74, 6) is -0.159. The molecule has 1 aliphatic heterocycles. The van der Waals surface area contributed by atoms with Crippen molar-refractivity contribution >= 4 is 15.9 Å². The topological polar surface area (TPSA) is 87.3 Å². The normalized spacial score (nSPS) is 22.3. The molecule has 1 aliphatic carbocycles. The van der Waals surface area contributed by atoms with Gasteiger partial charge < -0.3 is 10.6 Å². The number of rotatable bonds is 5. The predicted molar refractivity (Wildman–Crippen MR) is 83.1 cm³/mol. The van der Waals surface area contributed by atoms with E-state index in [-0.39, 0.29) is 22.9 Å². The summed E-state index contributed by atoms with van der Waals surface area (Å²) in [7, 11) is -3.46. The van der Waals surface area contributed by atoms with Crippen LogP contribution >= 0.6 is 0 Å². The van der Waals surface area contributed by atoms with Crippen LogP contribution in [0.25, 0.3) is 0 Å². The van der Waals surface area contributed by atoms with E-state index in [0.29, 0.717) is 5.56 Å². The van der Waals surface area contributed by atoms with E-state index in [1.165, 1.54) is 12.1 Å². The van der Waals surface area contributed by atoms with Crippen LogP contribution in [0.15, 0.2) is 29.2 Å². The molecular weight excluding hydrogens is 302 g/mol. The van der Waals surface area contributed by atoms with Gasteiger partial charge >= 0.3 is 0 Å². The average Bonchev–Trinajstić information content (AvgIpc) is 3.32. The molecule has 1 saturated carbocycles. The molecule has 1 amide bonds. The molecule has 0 aromatic heterocycles. The molecule has 0 spiro atoms. The third kappa shape index (κ3) is 3.85. The van der Waals surface area contributed by atoms with Gasteiger partial charge in [0.1, 0.15) is 0 Å². The van der Waals surface area contributed by atoms with Crippen molar-refractivity contribution in [1.82, 2.24) is 15.4 Å². The molecule has 1 aromatic carbocycles. The fraction of sp³-hybridized carbons (Fsp3) is 0.533. The van der Waals surface area contributed by atoms with Crippen LogP contribution in [0.1, 0.15) is 36.0 Å². The zero-order valence-corrected chi connectivity index (χ0v) is 13.2. The summed E-state index contributed by atoms with van der Waals surface area (Å²) < 4.78 is 26.7. The molecule has 1 heterocycles. The van der Waals surface area contributed by atoms with E-state index >= 15 is 0 Å². The molecule has 1 unspecified atom stereocenters. The van der Waals surface area contributed by atoms with Crippen molar-refractivity contribution in [3.05, 3.63) is 29.8 Å². The van der Waals surface area contributed by atoms with Crippen LogP contribution in [0.4, 0.5) is 0 Å². The van der Waals surface area contributed by atoms with E-state index in [2.05, 4.69) is 15.4 Å². The molecule has 7 heteroatoms. The van der Waals surface area contributed by atoms with Gasteiger partial charge in [-0.3, -0.25) is 4.79 Å². The fourth-order valence-electron chi connectivity index (χ4n) is 2.52. The highest BCUT2D eigenvalue weighted by atomic mass is 32.2. The van der Waals surface area contributed by atoms with Crippen LogP contribution in [0.2, 0.25) is 0 Å². The molecule has 3 rings (SSSR count). The number of carbonyl (C=O) groups is 1. The van der Waals surface area contributed by atoms with Crippen LogP contribution in [-0.2, 0) is 10.0 Å². The van der Waals surface area contributed by atoms with Gasteiger partial charge in [0.25, 0.3) is 5.91 Å². The molecule has 1 aromatic rings. The number of carbonyl (C=O) groups excluding carboxylic acids is 1. The summed E-state index contributed by atoms with van der Waals surface area (Å²) in [5, 5.41) is 6.21. The van der Waals surface area contributed by atoms with Crippen molar-refractivity contribution in [1.29, 1.82) is 0 Å². The predicted octanol–water partition coefficient (Wildman–Crippen LogP) is 0.609.